The number of carbonyl (C=O) groups excluding carboxylic acids is 3. The van der Waals surface area contributed by atoms with E-state index in [0.29, 0.717) is 0 Å². The molecule has 0 saturated heterocycles. The third-order valence-electron chi connectivity index (χ3n) is 4.77. The standard InChI is InChI=1S/C21H33NO7/c1-14-8-6-10-19(23)22-16(3)21(25)29-13-18(27-5)15(2)9-7-11-20(24)28-12-17(14)26-4/h6-9,14-18H,10-13H2,1-5H3,(H,22,23)/b8-6+,9-7+/t14-,15-,16+,17-,18?/m0/s1. The van der Waals surface area contributed by atoms with Crippen molar-refractivity contribution in [2.75, 3.05) is 27.4 Å². The van der Waals surface area contributed by atoms with Crippen molar-refractivity contribution < 1.29 is 33.3 Å². The number of cyclic esters (lactones) is 2. The fraction of sp³-hybridized carbons (Fsp3) is 0.667. The molecule has 29 heavy (non-hydrogen) atoms. The summed E-state index contributed by atoms with van der Waals surface area (Å²) in [6.45, 7) is 5.54. The van der Waals surface area contributed by atoms with Gasteiger partial charge in [-0.1, -0.05) is 38.2 Å². The van der Waals surface area contributed by atoms with Gasteiger partial charge in [0.1, 0.15) is 19.3 Å². The fourth-order valence-corrected chi connectivity index (χ4v) is 2.77. The molecule has 1 rings (SSSR count). The number of hydrogen-bond donors (Lipinski definition) is 1. The molecule has 1 N–H and O–H groups in total. The minimum atomic E-state index is -0.767. The van der Waals surface area contributed by atoms with Gasteiger partial charge in [-0.05, 0) is 6.92 Å². The lowest BCUT2D eigenvalue weighted by Gasteiger charge is -2.21. The van der Waals surface area contributed by atoms with Gasteiger partial charge in [0.25, 0.3) is 0 Å². The number of carbonyl (C=O) groups is 3. The van der Waals surface area contributed by atoms with Crippen molar-refractivity contribution in [2.45, 2.75) is 51.9 Å². The smallest absolute Gasteiger partial charge is 0.328 e. The number of rotatable bonds is 2. The lowest BCUT2D eigenvalue weighted by Crippen LogP contribution is -2.40. The van der Waals surface area contributed by atoms with E-state index in [1.54, 1.807) is 26.2 Å². The van der Waals surface area contributed by atoms with Crippen LogP contribution in [0.15, 0.2) is 24.3 Å². The molecule has 1 heterocycles. The second-order valence-corrected chi connectivity index (χ2v) is 7.13. The maximum atomic E-state index is 12.1. The average molecular weight is 411 g/mol. The van der Waals surface area contributed by atoms with Crippen LogP contribution in [0.1, 0.15) is 33.6 Å². The van der Waals surface area contributed by atoms with E-state index in [4.69, 9.17) is 18.9 Å². The summed E-state index contributed by atoms with van der Waals surface area (Å²) in [4.78, 5) is 36.2. The lowest BCUT2D eigenvalue weighted by atomic mass is 10.0. The van der Waals surface area contributed by atoms with Crippen molar-refractivity contribution in [1.29, 1.82) is 0 Å². The zero-order valence-corrected chi connectivity index (χ0v) is 17.9. The van der Waals surface area contributed by atoms with Gasteiger partial charge in [0.2, 0.25) is 5.91 Å². The van der Waals surface area contributed by atoms with Crippen molar-refractivity contribution in [3.8, 4) is 0 Å². The molecule has 0 saturated carbocycles. The highest BCUT2D eigenvalue weighted by Crippen LogP contribution is 2.12. The Kier molecular flexibility index (Phi) is 11.2. The predicted molar refractivity (Wildman–Crippen MR) is 107 cm³/mol. The molecule has 164 valence electrons. The number of ether oxygens (including phenoxy) is 4. The van der Waals surface area contributed by atoms with Crippen LogP contribution in [-0.2, 0) is 33.3 Å². The Hall–Kier alpha value is -2.19. The van der Waals surface area contributed by atoms with Crippen LogP contribution in [0.25, 0.3) is 0 Å². The first-order valence-electron chi connectivity index (χ1n) is 9.79. The Balaban J connectivity index is 2.90. The summed E-state index contributed by atoms with van der Waals surface area (Å²) >= 11 is 0. The van der Waals surface area contributed by atoms with Crippen LogP contribution in [0.4, 0.5) is 0 Å². The minimum Gasteiger partial charge on any atom is -0.463 e. The molecular weight excluding hydrogens is 378 g/mol. The summed E-state index contributed by atoms with van der Waals surface area (Å²) in [6.07, 6.45) is 6.59. The fourth-order valence-electron chi connectivity index (χ4n) is 2.77. The highest BCUT2D eigenvalue weighted by atomic mass is 16.6. The quantitative estimate of drug-likeness (QED) is 0.546. The summed E-state index contributed by atoms with van der Waals surface area (Å²) in [6, 6.07) is -0.767. The van der Waals surface area contributed by atoms with Gasteiger partial charge < -0.3 is 24.3 Å². The number of amides is 1. The van der Waals surface area contributed by atoms with Crippen LogP contribution in [0.5, 0.6) is 0 Å². The van der Waals surface area contributed by atoms with Crippen LogP contribution in [0.2, 0.25) is 0 Å². The first-order chi connectivity index (χ1) is 13.8. The molecule has 0 aromatic rings. The van der Waals surface area contributed by atoms with E-state index in [2.05, 4.69) is 5.32 Å². The zero-order chi connectivity index (χ0) is 21.8. The van der Waals surface area contributed by atoms with Gasteiger partial charge in [-0.15, -0.1) is 0 Å². The number of nitrogens with one attached hydrogen (secondary N) is 1. The maximum absolute atomic E-state index is 12.1. The zero-order valence-electron chi connectivity index (χ0n) is 17.9. The summed E-state index contributed by atoms with van der Waals surface area (Å²) in [5, 5.41) is 2.61. The van der Waals surface area contributed by atoms with E-state index in [1.807, 2.05) is 26.0 Å². The van der Waals surface area contributed by atoms with Crippen LogP contribution >= 0.6 is 0 Å². The molecule has 0 spiro atoms. The Morgan fingerprint density at radius 2 is 1.38 bits per heavy atom. The van der Waals surface area contributed by atoms with Crippen LogP contribution < -0.4 is 5.32 Å². The van der Waals surface area contributed by atoms with Gasteiger partial charge in [0, 0.05) is 32.5 Å². The monoisotopic (exact) mass is 411 g/mol. The van der Waals surface area contributed by atoms with E-state index in [-0.39, 0.29) is 62.0 Å². The molecule has 0 aromatic carbocycles. The van der Waals surface area contributed by atoms with Crippen molar-refractivity contribution in [2.24, 2.45) is 11.8 Å². The van der Waals surface area contributed by atoms with Gasteiger partial charge in [-0.25, -0.2) is 4.79 Å². The Morgan fingerprint density at radius 1 is 0.862 bits per heavy atom. The van der Waals surface area contributed by atoms with Crippen molar-refractivity contribution >= 4 is 17.8 Å². The maximum Gasteiger partial charge on any atom is 0.328 e. The molecule has 1 aliphatic rings. The van der Waals surface area contributed by atoms with Crippen LogP contribution in [0.3, 0.4) is 0 Å². The molecule has 1 aliphatic heterocycles. The molecule has 8 heteroatoms. The number of hydrogen-bond acceptors (Lipinski definition) is 7. The topological polar surface area (TPSA) is 100 Å². The third-order valence-corrected chi connectivity index (χ3v) is 4.77. The minimum absolute atomic E-state index is 0.0401. The summed E-state index contributed by atoms with van der Waals surface area (Å²) in [5.74, 6) is -1.35. The van der Waals surface area contributed by atoms with Gasteiger partial charge >= 0.3 is 11.9 Å². The molecule has 5 atom stereocenters. The average Bonchev–Trinajstić information content (AvgIpc) is 2.67. The highest BCUT2D eigenvalue weighted by molar-refractivity contribution is 5.84. The molecule has 1 amide bonds. The van der Waals surface area contributed by atoms with Crippen LogP contribution in [0, 0.1) is 11.8 Å². The second-order valence-electron chi connectivity index (χ2n) is 7.13. The van der Waals surface area contributed by atoms with Crippen molar-refractivity contribution in [1.82, 2.24) is 5.32 Å². The highest BCUT2D eigenvalue weighted by Gasteiger charge is 2.22. The third kappa shape index (κ3) is 9.23. The molecule has 8 nitrogen and oxygen atoms in total. The van der Waals surface area contributed by atoms with E-state index >= 15 is 0 Å². The molecule has 0 radical (unpaired) electrons. The van der Waals surface area contributed by atoms with Crippen molar-refractivity contribution in [3.05, 3.63) is 24.3 Å². The number of methoxy groups -OCH3 is 2. The van der Waals surface area contributed by atoms with E-state index in [9.17, 15) is 14.4 Å². The second kappa shape index (κ2) is 13.1. The van der Waals surface area contributed by atoms with Gasteiger partial charge in [-0.2, -0.15) is 0 Å². The SMILES string of the molecule is COC1COC(=O)[C@@H](C)NC(=O)C/C=C/[C@H](C)[C@@H](OC)COC(=O)C/C=C/[C@@H]1C. The Morgan fingerprint density at radius 3 is 1.93 bits per heavy atom. The first kappa shape index (κ1) is 24.8. The summed E-state index contributed by atoms with van der Waals surface area (Å²) in [7, 11) is 3.07. The van der Waals surface area contributed by atoms with E-state index in [0.717, 1.165) is 0 Å². The molecular formula is C21H33NO7. The largest absolute Gasteiger partial charge is 0.463 e. The molecule has 0 bridgehead atoms. The number of esters is 2. The molecule has 1 unspecified atom stereocenters. The van der Waals surface area contributed by atoms with E-state index < -0.39 is 12.0 Å². The normalized spacial score (nSPS) is 33.3. The predicted octanol–water partition coefficient (Wildman–Crippen LogP) is 1.79. The Bertz CT molecular complexity index is 602. The lowest BCUT2D eigenvalue weighted by molar-refractivity contribution is -0.151. The van der Waals surface area contributed by atoms with Gasteiger partial charge in [0.15, 0.2) is 0 Å². The van der Waals surface area contributed by atoms with Crippen LogP contribution in [-0.4, -0.2) is 63.5 Å². The van der Waals surface area contributed by atoms with Crippen molar-refractivity contribution in [3.63, 3.8) is 0 Å². The molecule has 0 fully saturated rings. The van der Waals surface area contributed by atoms with Gasteiger partial charge in [0.05, 0.1) is 18.6 Å². The van der Waals surface area contributed by atoms with Gasteiger partial charge in [-0.3, -0.25) is 9.59 Å². The Labute approximate surface area is 172 Å². The molecule has 0 aliphatic carbocycles. The first-order valence-corrected chi connectivity index (χ1v) is 9.79. The summed E-state index contributed by atoms with van der Waals surface area (Å²) in [5.41, 5.74) is 0. The molecule has 0 aromatic heterocycles. The van der Waals surface area contributed by atoms with E-state index in [1.165, 1.54) is 7.11 Å². The summed E-state index contributed by atoms with van der Waals surface area (Å²) < 4.78 is 21.3.